The molecular weight excluding hydrogens is 458 g/mol. The van der Waals surface area contributed by atoms with Gasteiger partial charge in [0.15, 0.2) is 0 Å². The van der Waals surface area contributed by atoms with Crippen LogP contribution < -0.4 is 9.73 Å². The van der Waals surface area contributed by atoms with Crippen LogP contribution in [0.3, 0.4) is 0 Å². The summed E-state index contributed by atoms with van der Waals surface area (Å²) in [6, 6.07) is 23.8. The lowest BCUT2D eigenvalue weighted by molar-refractivity contribution is -0.119. The van der Waals surface area contributed by atoms with Crippen molar-refractivity contribution in [1.82, 2.24) is 5.43 Å². The number of carbonyl (C=O) groups excluding carboxylic acids is 1. The van der Waals surface area contributed by atoms with Crippen LogP contribution in [-0.2, 0) is 20.2 Å². The molecule has 0 heterocycles. The maximum Gasteiger partial charge on any atom is 0.264 e. The fourth-order valence-corrected chi connectivity index (χ4v) is 5.34. The first-order valence-corrected chi connectivity index (χ1v) is 13.0. The van der Waals surface area contributed by atoms with Crippen molar-refractivity contribution >= 4 is 27.3 Å². The van der Waals surface area contributed by atoms with E-state index < -0.39 is 22.5 Å². The normalized spacial score (nSPS) is 12.3. The molecule has 0 aliphatic heterocycles. The van der Waals surface area contributed by atoms with Crippen LogP contribution in [0.5, 0.6) is 0 Å². The monoisotopic (exact) mass is 491 g/mol. The van der Waals surface area contributed by atoms with Crippen molar-refractivity contribution in [2.75, 3.05) is 10.8 Å². The zero-order valence-electron chi connectivity index (χ0n) is 20.9. The molecule has 3 rings (SSSR count). The van der Waals surface area contributed by atoms with Crippen molar-refractivity contribution < 1.29 is 13.2 Å². The number of amides is 1. The lowest BCUT2D eigenvalue weighted by atomic mass is 9.80. The number of carbonyl (C=O) groups is 1. The molecule has 0 saturated heterocycles. The van der Waals surface area contributed by atoms with Crippen LogP contribution in [0.25, 0.3) is 0 Å². The van der Waals surface area contributed by atoms with Crippen LogP contribution in [0.2, 0.25) is 0 Å². The molecule has 0 aliphatic rings. The van der Waals surface area contributed by atoms with E-state index in [2.05, 4.69) is 36.5 Å². The predicted molar refractivity (Wildman–Crippen MR) is 142 cm³/mol. The second kappa shape index (κ2) is 10.9. The third-order valence-corrected chi connectivity index (χ3v) is 7.60. The highest BCUT2D eigenvalue weighted by Crippen LogP contribution is 2.27. The number of hydrogen-bond donors (Lipinski definition) is 1. The molecule has 6 nitrogen and oxygen atoms in total. The molecule has 0 aliphatic carbocycles. The van der Waals surface area contributed by atoms with Crippen molar-refractivity contribution in [3.63, 3.8) is 0 Å². The van der Waals surface area contributed by atoms with Crippen LogP contribution in [-0.4, -0.2) is 26.6 Å². The average molecular weight is 492 g/mol. The summed E-state index contributed by atoms with van der Waals surface area (Å²) in [5, 5.41) is 4.26. The van der Waals surface area contributed by atoms with Gasteiger partial charge in [-0.25, -0.2) is 13.8 Å². The van der Waals surface area contributed by atoms with Gasteiger partial charge < -0.3 is 0 Å². The Morgan fingerprint density at radius 3 is 2.20 bits per heavy atom. The lowest BCUT2D eigenvalue weighted by Crippen LogP contribution is -2.40. The highest BCUT2D eigenvalue weighted by Gasteiger charge is 2.27. The molecule has 0 bridgehead atoms. The summed E-state index contributed by atoms with van der Waals surface area (Å²) in [7, 11) is -3.96. The Morgan fingerprint density at radius 1 is 0.914 bits per heavy atom. The Morgan fingerprint density at radius 2 is 1.57 bits per heavy atom. The fourth-order valence-electron chi connectivity index (χ4n) is 3.93. The zero-order valence-corrected chi connectivity index (χ0v) is 21.8. The number of aryl methyl sites for hydroxylation is 2. The minimum absolute atomic E-state index is 0.127. The molecule has 0 radical (unpaired) electrons. The number of anilines is 1. The molecule has 184 valence electrons. The van der Waals surface area contributed by atoms with Gasteiger partial charge in [0.1, 0.15) is 6.54 Å². The van der Waals surface area contributed by atoms with Crippen LogP contribution in [0, 0.1) is 13.8 Å². The van der Waals surface area contributed by atoms with Crippen molar-refractivity contribution in [3.05, 3.63) is 95.6 Å². The van der Waals surface area contributed by atoms with Gasteiger partial charge in [0, 0.05) is 5.71 Å². The lowest BCUT2D eigenvalue weighted by Gasteiger charge is -2.25. The maximum atomic E-state index is 13.5. The quantitative estimate of drug-likeness (QED) is 0.323. The van der Waals surface area contributed by atoms with Gasteiger partial charge >= 0.3 is 0 Å². The van der Waals surface area contributed by atoms with Crippen LogP contribution in [0.15, 0.2) is 88.9 Å². The topological polar surface area (TPSA) is 78.8 Å². The van der Waals surface area contributed by atoms with Gasteiger partial charge in [-0.2, -0.15) is 5.10 Å². The number of sulfonamides is 1. The molecule has 0 fully saturated rings. The summed E-state index contributed by atoms with van der Waals surface area (Å²) < 4.78 is 28.1. The molecule has 0 saturated carbocycles. The number of hydrogen-bond acceptors (Lipinski definition) is 4. The Hall–Kier alpha value is -3.45. The van der Waals surface area contributed by atoms with E-state index in [4.69, 9.17) is 0 Å². The van der Waals surface area contributed by atoms with E-state index in [1.807, 2.05) is 45.0 Å². The summed E-state index contributed by atoms with van der Waals surface area (Å²) in [4.78, 5) is 13.0. The van der Waals surface area contributed by atoms with Crippen molar-refractivity contribution in [3.8, 4) is 0 Å². The highest BCUT2D eigenvalue weighted by molar-refractivity contribution is 7.92. The standard InChI is InChI=1S/C28H33N3O3S/c1-21-14-16-26(17-15-21)35(33,34)31(25-13-9-10-22(2)18-25)20-27(32)30-29-23(3)19-28(4,5)24-11-7-6-8-12-24/h6-18H,19-20H2,1-5H3,(H,30,32)/b29-23-. The number of rotatable bonds is 9. The summed E-state index contributed by atoms with van der Waals surface area (Å²) in [5.41, 5.74) is 6.57. The zero-order chi connectivity index (χ0) is 25.6. The van der Waals surface area contributed by atoms with E-state index in [1.54, 1.807) is 42.5 Å². The minimum atomic E-state index is -3.96. The van der Waals surface area contributed by atoms with E-state index in [0.717, 1.165) is 21.1 Å². The van der Waals surface area contributed by atoms with Crippen molar-refractivity contribution in [2.24, 2.45) is 5.10 Å². The van der Waals surface area contributed by atoms with Gasteiger partial charge in [-0.1, -0.05) is 74.0 Å². The Bertz CT molecular complexity index is 1300. The van der Waals surface area contributed by atoms with Crippen LogP contribution in [0.4, 0.5) is 5.69 Å². The van der Waals surface area contributed by atoms with Crippen molar-refractivity contribution in [1.29, 1.82) is 0 Å². The second-order valence-corrected chi connectivity index (χ2v) is 11.3. The second-order valence-electron chi connectivity index (χ2n) is 9.47. The molecule has 1 N–H and O–H groups in total. The first kappa shape index (κ1) is 26.2. The molecule has 3 aromatic carbocycles. The highest BCUT2D eigenvalue weighted by atomic mass is 32.2. The number of nitrogens with one attached hydrogen (secondary N) is 1. The van der Waals surface area contributed by atoms with Crippen LogP contribution >= 0.6 is 0 Å². The van der Waals surface area contributed by atoms with E-state index in [9.17, 15) is 13.2 Å². The molecule has 0 atom stereocenters. The minimum Gasteiger partial charge on any atom is -0.271 e. The van der Waals surface area contributed by atoms with E-state index in [-0.39, 0.29) is 10.3 Å². The molecule has 0 aromatic heterocycles. The Labute approximate surface area is 208 Å². The fraction of sp³-hybridized carbons (Fsp3) is 0.286. The van der Waals surface area contributed by atoms with Gasteiger partial charge in [-0.3, -0.25) is 9.10 Å². The first-order chi connectivity index (χ1) is 16.5. The number of hydrazone groups is 1. The number of nitrogens with zero attached hydrogens (tertiary/aromatic N) is 2. The smallest absolute Gasteiger partial charge is 0.264 e. The predicted octanol–water partition coefficient (Wildman–Crippen LogP) is 5.36. The summed E-state index contributed by atoms with van der Waals surface area (Å²) >= 11 is 0. The van der Waals surface area contributed by atoms with Crippen molar-refractivity contribution in [2.45, 2.75) is 51.3 Å². The largest absolute Gasteiger partial charge is 0.271 e. The van der Waals surface area contributed by atoms with Crippen LogP contribution in [0.1, 0.15) is 43.9 Å². The SMILES string of the molecule is C/C(CC(C)(C)c1ccccc1)=N/NC(=O)CN(c1cccc(C)c1)S(=O)(=O)c1ccc(C)cc1. The van der Waals surface area contributed by atoms with E-state index in [1.165, 1.54) is 5.56 Å². The average Bonchev–Trinajstić information content (AvgIpc) is 2.81. The molecule has 0 spiro atoms. The summed E-state index contributed by atoms with van der Waals surface area (Å²) in [6.45, 7) is 9.47. The molecular formula is C28H33N3O3S. The van der Waals surface area contributed by atoms with Gasteiger partial charge in [0.25, 0.3) is 15.9 Å². The summed E-state index contributed by atoms with van der Waals surface area (Å²) in [6.07, 6.45) is 0.639. The number of benzene rings is 3. The summed E-state index contributed by atoms with van der Waals surface area (Å²) in [5.74, 6) is -0.515. The molecule has 35 heavy (non-hydrogen) atoms. The molecule has 3 aromatic rings. The molecule has 7 heteroatoms. The van der Waals surface area contributed by atoms with E-state index >= 15 is 0 Å². The van der Waals surface area contributed by atoms with E-state index in [0.29, 0.717) is 12.1 Å². The Kier molecular flexibility index (Phi) is 8.12. The first-order valence-electron chi connectivity index (χ1n) is 11.5. The van der Waals surface area contributed by atoms with Gasteiger partial charge in [0.05, 0.1) is 10.6 Å². The third kappa shape index (κ3) is 6.79. The third-order valence-electron chi connectivity index (χ3n) is 5.81. The van der Waals surface area contributed by atoms with Gasteiger partial charge in [-0.15, -0.1) is 0 Å². The Balaban J connectivity index is 1.80. The molecule has 0 unspecified atom stereocenters. The maximum absolute atomic E-state index is 13.5. The molecule has 1 amide bonds. The van der Waals surface area contributed by atoms with Gasteiger partial charge in [-0.05, 0) is 68.0 Å². The van der Waals surface area contributed by atoms with Gasteiger partial charge in [0.2, 0.25) is 0 Å².